The Kier molecular flexibility index (Phi) is 5.21. The molecule has 9 heteroatoms. The van der Waals surface area contributed by atoms with Gasteiger partial charge in [-0.3, -0.25) is 19.7 Å². The fourth-order valence-corrected chi connectivity index (χ4v) is 4.45. The van der Waals surface area contributed by atoms with E-state index < -0.39 is 17.5 Å². The molecule has 3 heterocycles. The molecule has 0 radical (unpaired) electrons. The van der Waals surface area contributed by atoms with E-state index in [0.29, 0.717) is 29.8 Å². The Morgan fingerprint density at radius 2 is 1.91 bits per heavy atom. The second kappa shape index (κ2) is 8.23. The number of carbonyl (C=O) groups is 4. The lowest BCUT2D eigenvalue weighted by molar-refractivity contribution is -0.122. The molecule has 9 nitrogen and oxygen atoms in total. The molecule has 2 atom stereocenters. The number of hydrogen-bond donors (Lipinski definition) is 3. The van der Waals surface area contributed by atoms with Crippen molar-refractivity contribution in [1.29, 1.82) is 0 Å². The van der Waals surface area contributed by atoms with Crippen LogP contribution < -0.4 is 20.7 Å². The maximum atomic E-state index is 13.0. The van der Waals surface area contributed by atoms with E-state index in [-0.39, 0.29) is 24.4 Å². The molecule has 2 aromatic carbocycles. The molecule has 34 heavy (non-hydrogen) atoms. The van der Waals surface area contributed by atoms with Gasteiger partial charge in [-0.25, -0.2) is 4.79 Å². The van der Waals surface area contributed by atoms with Gasteiger partial charge in [-0.1, -0.05) is 30.0 Å². The molecule has 2 aromatic rings. The van der Waals surface area contributed by atoms with Gasteiger partial charge in [0.2, 0.25) is 11.4 Å². The maximum absolute atomic E-state index is 13.0. The van der Waals surface area contributed by atoms with Crippen LogP contribution in [0.15, 0.2) is 42.5 Å². The fraction of sp³-hybridized carbons (Fsp3) is 0.280. The van der Waals surface area contributed by atoms with Crippen LogP contribution in [-0.2, 0) is 16.1 Å². The predicted molar refractivity (Wildman–Crippen MR) is 121 cm³/mol. The third-order valence-electron chi connectivity index (χ3n) is 6.29. The number of hydrogen-bond acceptors (Lipinski definition) is 5. The number of fused-ring (bicyclic) bond motifs is 1. The van der Waals surface area contributed by atoms with Crippen molar-refractivity contribution in [1.82, 2.24) is 20.9 Å². The summed E-state index contributed by atoms with van der Waals surface area (Å²) in [6.45, 7) is 0.201. The Morgan fingerprint density at radius 1 is 1.12 bits per heavy atom. The van der Waals surface area contributed by atoms with Gasteiger partial charge in [0.1, 0.15) is 5.75 Å². The number of ether oxygens (including phenoxy) is 1. The van der Waals surface area contributed by atoms with Crippen LogP contribution in [0.3, 0.4) is 0 Å². The topological polar surface area (TPSA) is 117 Å². The summed E-state index contributed by atoms with van der Waals surface area (Å²) in [7, 11) is 1.53. The van der Waals surface area contributed by atoms with Crippen molar-refractivity contribution in [2.75, 3.05) is 13.7 Å². The highest BCUT2D eigenvalue weighted by molar-refractivity contribution is 6.10. The Balaban J connectivity index is 1.38. The second-order valence-corrected chi connectivity index (χ2v) is 8.53. The van der Waals surface area contributed by atoms with Crippen molar-refractivity contribution in [3.63, 3.8) is 0 Å². The summed E-state index contributed by atoms with van der Waals surface area (Å²) in [5.74, 6) is 5.61. The Morgan fingerprint density at radius 3 is 2.56 bits per heavy atom. The van der Waals surface area contributed by atoms with E-state index in [9.17, 15) is 19.2 Å². The molecule has 3 aliphatic heterocycles. The molecule has 3 N–H and O–H groups in total. The molecule has 5 amide bonds. The van der Waals surface area contributed by atoms with Crippen molar-refractivity contribution in [2.45, 2.75) is 31.0 Å². The van der Waals surface area contributed by atoms with E-state index >= 15 is 0 Å². The van der Waals surface area contributed by atoms with Crippen LogP contribution in [0.25, 0.3) is 0 Å². The van der Waals surface area contributed by atoms with E-state index in [4.69, 9.17) is 4.74 Å². The minimum atomic E-state index is -1.57. The van der Waals surface area contributed by atoms with Crippen LogP contribution in [0.2, 0.25) is 0 Å². The van der Waals surface area contributed by atoms with Gasteiger partial charge in [0.15, 0.2) is 0 Å². The van der Waals surface area contributed by atoms with E-state index in [2.05, 4.69) is 27.8 Å². The van der Waals surface area contributed by atoms with Gasteiger partial charge >= 0.3 is 6.03 Å². The predicted octanol–water partition coefficient (Wildman–Crippen LogP) is 1.23. The summed E-state index contributed by atoms with van der Waals surface area (Å²) in [6, 6.07) is 12.0. The first-order valence-corrected chi connectivity index (χ1v) is 10.9. The number of imide groups is 1. The van der Waals surface area contributed by atoms with Gasteiger partial charge < -0.3 is 20.3 Å². The van der Waals surface area contributed by atoms with Crippen molar-refractivity contribution < 1.29 is 23.9 Å². The molecule has 0 bridgehead atoms. The zero-order valence-corrected chi connectivity index (χ0v) is 18.4. The highest BCUT2D eigenvalue weighted by Crippen LogP contribution is 2.29. The largest absolute Gasteiger partial charge is 0.497 e. The quantitative estimate of drug-likeness (QED) is 0.471. The number of nitrogens with one attached hydrogen (secondary N) is 3. The number of benzene rings is 2. The summed E-state index contributed by atoms with van der Waals surface area (Å²) >= 11 is 0. The van der Waals surface area contributed by atoms with E-state index in [1.807, 2.05) is 18.2 Å². The summed E-state index contributed by atoms with van der Waals surface area (Å²) < 4.78 is 5.21. The molecule has 172 valence electrons. The van der Waals surface area contributed by atoms with E-state index in [1.54, 1.807) is 24.3 Å². The second-order valence-electron chi connectivity index (χ2n) is 8.53. The summed E-state index contributed by atoms with van der Waals surface area (Å²) in [4.78, 5) is 50.7. The maximum Gasteiger partial charge on any atom is 0.323 e. The first-order chi connectivity index (χ1) is 16.4. The van der Waals surface area contributed by atoms with Crippen LogP contribution in [0.5, 0.6) is 5.75 Å². The summed E-state index contributed by atoms with van der Waals surface area (Å²) in [5.41, 5.74) is 1.36. The van der Waals surface area contributed by atoms with Crippen molar-refractivity contribution in [3.05, 3.63) is 64.7 Å². The van der Waals surface area contributed by atoms with Gasteiger partial charge in [0.05, 0.1) is 19.7 Å². The molecule has 0 spiro atoms. The smallest absolute Gasteiger partial charge is 0.323 e. The van der Waals surface area contributed by atoms with Crippen LogP contribution in [0, 0.1) is 11.8 Å². The number of urea groups is 1. The monoisotopic (exact) mass is 458 g/mol. The van der Waals surface area contributed by atoms with Crippen LogP contribution >= 0.6 is 0 Å². The van der Waals surface area contributed by atoms with Crippen LogP contribution in [-0.4, -0.2) is 47.8 Å². The molecule has 1 unspecified atom stereocenters. The molecule has 0 aromatic heterocycles. The number of carbonyl (C=O) groups excluding carboxylic acids is 4. The minimum absolute atomic E-state index is 0.0119. The number of methoxy groups -OCH3 is 1. The third-order valence-corrected chi connectivity index (χ3v) is 6.29. The number of amides is 5. The van der Waals surface area contributed by atoms with Gasteiger partial charge in [0.25, 0.3) is 11.8 Å². The molecule has 0 saturated carbocycles. The lowest BCUT2D eigenvalue weighted by atomic mass is 9.98. The summed E-state index contributed by atoms with van der Waals surface area (Å²) in [6.07, 6.45) is 1.26. The fourth-order valence-electron chi connectivity index (χ4n) is 4.45. The number of rotatable bonds is 4. The van der Waals surface area contributed by atoms with Gasteiger partial charge in [-0.05, 0) is 41.8 Å². The normalized spacial score (nSPS) is 23.1. The van der Waals surface area contributed by atoms with Crippen LogP contribution in [0.1, 0.15) is 45.9 Å². The SMILES string of the molecule is COc1ccc2c(c1)C(=O)N(CC1(C#Cc3ccc([C@H]4CCC(=O)N4)cc3)NC(=O)NC1=O)C2. The van der Waals surface area contributed by atoms with Gasteiger partial charge in [-0.2, -0.15) is 0 Å². The lowest BCUT2D eigenvalue weighted by Gasteiger charge is -2.26. The highest BCUT2D eigenvalue weighted by Gasteiger charge is 2.48. The molecule has 5 rings (SSSR count). The first kappa shape index (κ1) is 21.5. The van der Waals surface area contributed by atoms with E-state index in [0.717, 1.165) is 17.5 Å². The molecule has 0 aliphatic carbocycles. The Labute approximate surface area is 195 Å². The molecular formula is C25H22N4O5. The lowest BCUT2D eigenvalue weighted by Crippen LogP contribution is -2.54. The highest BCUT2D eigenvalue weighted by atomic mass is 16.5. The van der Waals surface area contributed by atoms with Crippen LogP contribution in [0.4, 0.5) is 4.79 Å². The zero-order chi connectivity index (χ0) is 23.9. The average Bonchev–Trinajstić information content (AvgIpc) is 3.48. The van der Waals surface area contributed by atoms with Crippen molar-refractivity contribution in [2.24, 2.45) is 0 Å². The standard InChI is InChI=1S/C25H22N4O5/c1-34-18-7-6-17-13-29(22(31)19(17)12-18)14-25(23(32)27-24(33)28-25)11-10-15-2-4-16(5-3-15)20-8-9-21(30)26-20/h2-7,12,20H,8-9,13-14H2,1H3,(H,26,30)(H2,27,28,32,33)/t20-,25?/m1/s1. The molecule has 2 fully saturated rings. The van der Waals surface area contributed by atoms with Crippen molar-refractivity contribution >= 4 is 23.8 Å². The molecule has 2 saturated heterocycles. The Bertz CT molecular complexity index is 1280. The average molecular weight is 458 g/mol. The minimum Gasteiger partial charge on any atom is -0.497 e. The van der Waals surface area contributed by atoms with Gasteiger partial charge in [-0.15, -0.1) is 0 Å². The summed E-state index contributed by atoms with van der Waals surface area (Å²) in [5, 5.41) is 7.76. The number of nitrogens with zero attached hydrogens (tertiary/aromatic N) is 1. The zero-order valence-electron chi connectivity index (χ0n) is 18.4. The van der Waals surface area contributed by atoms with Crippen molar-refractivity contribution in [3.8, 4) is 17.6 Å². The Hall–Kier alpha value is -4.32. The third kappa shape index (κ3) is 3.83. The van der Waals surface area contributed by atoms with Gasteiger partial charge in [0, 0.05) is 24.1 Å². The molecule has 3 aliphatic rings. The molecular weight excluding hydrogens is 436 g/mol. The first-order valence-electron chi connectivity index (χ1n) is 10.9. The van der Waals surface area contributed by atoms with E-state index in [1.165, 1.54) is 12.0 Å².